The zero-order chi connectivity index (χ0) is 14.2. The molecule has 1 aromatic carbocycles. The van der Waals surface area contributed by atoms with Crippen LogP contribution in [-0.4, -0.2) is 35.1 Å². The topological polar surface area (TPSA) is 24.5 Å². The maximum absolute atomic E-state index is 5.65. The van der Waals surface area contributed by atoms with E-state index < -0.39 is 0 Å². The number of nitrogens with zero attached hydrogens (tertiary/aromatic N) is 1. The van der Waals surface area contributed by atoms with Gasteiger partial charge in [-0.1, -0.05) is 36.6 Å². The molecule has 1 atom stereocenters. The SMILES string of the molecule is COc1ccc(CN2CC3(CCNC(=S)C3)C2=S)cc1. The quantitative estimate of drug-likeness (QED) is 0.865. The molecule has 2 saturated heterocycles. The number of piperidine rings is 1. The highest BCUT2D eigenvalue weighted by Gasteiger charge is 2.49. The smallest absolute Gasteiger partial charge is 0.118 e. The van der Waals surface area contributed by atoms with Crippen molar-refractivity contribution in [3.63, 3.8) is 0 Å². The monoisotopic (exact) mass is 306 g/mol. The van der Waals surface area contributed by atoms with E-state index in [1.54, 1.807) is 7.11 Å². The average Bonchev–Trinajstić information content (AvgIpc) is 2.47. The lowest BCUT2D eigenvalue weighted by atomic mass is 9.72. The van der Waals surface area contributed by atoms with E-state index in [-0.39, 0.29) is 5.41 Å². The number of hydrogen-bond donors (Lipinski definition) is 1. The third-order valence-electron chi connectivity index (χ3n) is 4.19. The van der Waals surface area contributed by atoms with Gasteiger partial charge in [-0.25, -0.2) is 0 Å². The minimum atomic E-state index is 0.157. The normalized spacial score (nSPS) is 25.4. The number of ether oxygens (including phenoxy) is 1. The van der Waals surface area contributed by atoms with E-state index in [9.17, 15) is 0 Å². The summed E-state index contributed by atoms with van der Waals surface area (Å²) in [5.74, 6) is 0.889. The van der Waals surface area contributed by atoms with Gasteiger partial charge in [-0.15, -0.1) is 0 Å². The van der Waals surface area contributed by atoms with Crippen LogP contribution in [0.4, 0.5) is 0 Å². The zero-order valence-corrected chi connectivity index (χ0v) is 13.1. The summed E-state index contributed by atoms with van der Waals surface area (Å²) in [6.45, 7) is 2.86. The molecule has 106 valence electrons. The number of hydrogen-bond acceptors (Lipinski definition) is 3. The van der Waals surface area contributed by atoms with Gasteiger partial charge in [0.1, 0.15) is 5.75 Å². The summed E-state index contributed by atoms with van der Waals surface area (Å²) in [6.07, 6.45) is 2.02. The molecule has 2 aliphatic rings. The van der Waals surface area contributed by atoms with E-state index in [4.69, 9.17) is 29.2 Å². The summed E-state index contributed by atoms with van der Waals surface area (Å²) in [6, 6.07) is 8.18. The summed E-state index contributed by atoms with van der Waals surface area (Å²) in [4.78, 5) is 4.32. The number of thiocarbonyl (C=S) groups is 2. The summed E-state index contributed by atoms with van der Waals surface area (Å²) in [5, 5.41) is 3.24. The molecule has 1 N–H and O–H groups in total. The maximum atomic E-state index is 5.65. The van der Waals surface area contributed by atoms with E-state index >= 15 is 0 Å². The van der Waals surface area contributed by atoms with Crippen LogP contribution in [0.5, 0.6) is 5.75 Å². The zero-order valence-electron chi connectivity index (χ0n) is 11.5. The van der Waals surface area contributed by atoms with E-state index in [1.165, 1.54) is 5.56 Å². The van der Waals surface area contributed by atoms with Gasteiger partial charge in [-0.2, -0.15) is 0 Å². The molecule has 0 bridgehead atoms. The van der Waals surface area contributed by atoms with E-state index in [2.05, 4.69) is 22.3 Å². The van der Waals surface area contributed by atoms with Crippen LogP contribution in [0.25, 0.3) is 0 Å². The second kappa shape index (κ2) is 5.30. The molecule has 0 amide bonds. The second-order valence-corrected chi connectivity index (χ2v) is 6.45. The van der Waals surface area contributed by atoms with Crippen LogP contribution in [0.3, 0.4) is 0 Å². The number of likely N-dealkylation sites (tertiary alicyclic amines) is 1. The van der Waals surface area contributed by atoms with Crippen LogP contribution in [0.2, 0.25) is 0 Å². The van der Waals surface area contributed by atoms with Crippen LogP contribution in [0, 0.1) is 5.41 Å². The first-order valence-corrected chi connectivity index (χ1v) is 7.64. The summed E-state index contributed by atoms with van der Waals surface area (Å²) < 4.78 is 5.18. The van der Waals surface area contributed by atoms with Gasteiger partial charge in [0.15, 0.2) is 0 Å². The Morgan fingerprint density at radius 3 is 2.65 bits per heavy atom. The van der Waals surface area contributed by atoms with Crippen LogP contribution in [0.1, 0.15) is 18.4 Å². The molecule has 1 aromatic rings. The molecule has 3 nitrogen and oxygen atoms in total. The predicted octanol–water partition coefficient (Wildman–Crippen LogP) is 2.54. The van der Waals surface area contributed by atoms with Crippen molar-refractivity contribution in [1.82, 2.24) is 10.2 Å². The first kappa shape index (κ1) is 13.8. The first-order chi connectivity index (χ1) is 9.63. The number of nitrogens with one attached hydrogen (secondary N) is 1. The molecule has 0 aromatic heterocycles. The minimum absolute atomic E-state index is 0.157. The van der Waals surface area contributed by atoms with Crippen LogP contribution >= 0.6 is 24.4 Å². The van der Waals surface area contributed by atoms with Crippen molar-refractivity contribution in [3.8, 4) is 5.75 Å². The highest BCUT2D eigenvalue weighted by molar-refractivity contribution is 7.81. The van der Waals surface area contributed by atoms with E-state index in [0.29, 0.717) is 0 Å². The van der Waals surface area contributed by atoms with Crippen LogP contribution in [-0.2, 0) is 6.54 Å². The van der Waals surface area contributed by atoms with Crippen molar-refractivity contribution >= 4 is 34.4 Å². The molecule has 5 heteroatoms. The fourth-order valence-electron chi connectivity index (χ4n) is 3.04. The third-order valence-corrected chi connectivity index (χ3v) is 5.17. The van der Waals surface area contributed by atoms with Gasteiger partial charge in [0.2, 0.25) is 0 Å². The van der Waals surface area contributed by atoms with E-state index in [1.807, 2.05) is 12.1 Å². The van der Waals surface area contributed by atoms with Crippen LogP contribution in [0.15, 0.2) is 24.3 Å². The molecule has 2 heterocycles. The first-order valence-electron chi connectivity index (χ1n) is 6.82. The Balaban J connectivity index is 1.63. The molecular weight excluding hydrogens is 288 g/mol. The Labute approximate surface area is 130 Å². The van der Waals surface area contributed by atoms with Crippen molar-refractivity contribution in [2.24, 2.45) is 5.41 Å². The highest BCUT2D eigenvalue weighted by Crippen LogP contribution is 2.42. The highest BCUT2D eigenvalue weighted by atomic mass is 32.1. The molecule has 2 fully saturated rings. The summed E-state index contributed by atoms with van der Waals surface area (Å²) >= 11 is 11.0. The van der Waals surface area contributed by atoms with E-state index in [0.717, 1.165) is 48.2 Å². The standard InChI is InChI=1S/C15H18N2OS2/c1-18-12-4-2-11(3-5-12)9-17-10-15(14(17)20)6-7-16-13(19)8-15/h2-5H,6-10H2,1H3,(H,16,19). The number of benzene rings is 1. The van der Waals surface area contributed by atoms with Crippen molar-refractivity contribution in [1.29, 1.82) is 0 Å². The second-order valence-electron chi connectivity index (χ2n) is 5.57. The van der Waals surface area contributed by atoms with Crippen molar-refractivity contribution < 1.29 is 4.74 Å². The van der Waals surface area contributed by atoms with Gasteiger partial charge >= 0.3 is 0 Å². The van der Waals surface area contributed by atoms with Gasteiger partial charge in [0, 0.05) is 31.5 Å². The molecule has 0 radical (unpaired) electrons. The molecule has 1 spiro atoms. The van der Waals surface area contributed by atoms with Gasteiger partial charge in [-0.05, 0) is 24.1 Å². The largest absolute Gasteiger partial charge is 0.497 e. The van der Waals surface area contributed by atoms with Gasteiger partial charge in [0.25, 0.3) is 0 Å². The molecular formula is C15H18N2OS2. The summed E-state index contributed by atoms with van der Waals surface area (Å²) in [5.41, 5.74) is 1.42. The molecule has 2 aliphatic heterocycles. The Bertz CT molecular complexity index is 543. The molecule has 0 aliphatic carbocycles. The van der Waals surface area contributed by atoms with Crippen LogP contribution < -0.4 is 10.1 Å². The lowest BCUT2D eigenvalue weighted by Gasteiger charge is -2.54. The number of rotatable bonds is 3. The molecule has 1 unspecified atom stereocenters. The van der Waals surface area contributed by atoms with Crippen molar-refractivity contribution in [3.05, 3.63) is 29.8 Å². The van der Waals surface area contributed by atoms with Crippen molar-refractivity contribution in [2.75, 3.05) is 20.2 Å². The summed E-state index contributed by atoms with van der Waals surface area (Å²) in [7, 11) is 1.68. The predicted molar refractivity (Wildman–Crippen MR) is 88.3 cm³/mol. The van der Waals surface area contributed by atoms with Crippen molar-refractivity contribution in [2.45, 2.75) is 19.4 Å². The fourth-order valence-corrected chi connectivity index (χ4v) is 3.79. The average molecular weight is 306 g/mol. The molecule has 0 saturated carbocycles. The molecule has 3 rings (SSSR count). The Morgan fingerprint density at radius 1 is 1.30 bits per heavy atom. The lowest BCUT2D eigenvalue weighted by molar-refractivity contribution is 0.167. The lowest BCUT2D eigenvalue weighted by Crippen LogP contribution is -2.63. The number of methoxy groups -OCH3 is 1. The Morgan fingerprint density at radius 2 is 2.05 bits per heavy atom. The Kier molecular flexibility index (Phi) is 3.65. The van der Waals surface area contributed by atoms with Gasteiger partial charge < -0.3 is 15.0 Å². The van der Waals surface area contributed by atoms with Gasteiger partial charge in [-0.3, -0.25) is 0 Å². The minimum Gasteiger partial charge on any atom is -0.497 e. The Hall–Kier alpha value is -1.20. The third kappa shape index (κ3) is 2.40. The maximum Gasteiger partial charge on any atom is 0.118 e. The molecule has 20 heavy (non-hydrogen) atoms. The van der Waals surface area contributed by atoms with Gasteiger partial charge in [0.05, 0.1) is 17.1 Å². The fraction of sp³-hybridized carbons (Fsp3) is 0.467.